The number of aromatic nitrogens is 1. The Morgan fingerprint density at radius 2 is 2.22 bits per heavy atom. The van der Waals surface area contributed by atoms with Crippen molar-refractivity contribution < 1.29 is 9.52 Å². The predicted molar refractivity (Wildman–Crippen MR) is 96.5 cm³/mol. The molecule has 1 N–H and O–H groups in total. The zero-order chi connectivity index (χ0) is 17.0. The topological polar surface area (TPSA) is 58.6 Å². The molecule has 1 aromatic heterocycles. The summed E-state index contributed by atoms with van der Waals surface area (Å²) in [5.74, 6) is 0.604. The first-order valence-corrected chi connectivity index (χ1v) is 8.27. The van der Waals surface area contributed by atoms with Crippen molar-refractivity contribution in [3.05, 3.63) is 53.6 Å². The van der Waals surface area contributed by atoms with Gasteiger partial charge in [0.15, 0.2) is 11.0 Å². The molecule has 2 heterocycles. The molecule has 5 heteroatoms. The van der Waals surface area contributed by atoms with Gasteiger partial charge in [0.25, 0.3) is 0 Å². The summed E-state index contributed by atoms with van der Waals surface area (Å²) < 4.78 is 5.73. The smallest absolute Gasteiger partial charge is 0.193 e. The molecule has 2 rings (SSSR count). The fourth-order valence-corrected chi connectivity index (χ4v) is 2.91. The molecule has 0 bridgehead atoms. The highest BCUT2D eigenvalue weighted by atomic mass is 32.2. The molecule has 0 amide bonds. The van der Waals surface area contributed by atoms with E-state index < -0.39 is 5.60 Å². The van der Waals surface area contributed by atoms with Crippen molar-refractivity contribution in [1.82, 2.24) is 4.98 Å². The fraction of sp³-hybridized carbons (Fsp3) is 0.333. The molecule has 0 aromatic carbocycles. The molecule has 0 fully saturated rings. The molecule has 23 heavy (non-hydrogen) atoms. The summed E-state index contributed by atoms with van der Waals surface area (Å²) in [5.41, 5.74) is 1.40. The Hall–Kier alpha value is -1.85. The SMILES string of the molecule is C=C/C(=C\C)Sc1oc(C)nc1C1=CN=C(C(C)(C)O)CC=C1. The van der Waals surface area contributed by atoms with Crippen LogP contribution >= 0.6 is 11.8 Å². The maximum atomic E-state index is 10.1. The van der Waals surface area contributed by atoms with E-state index in [1.54, 1.807) is 26.1 Å². The van der Waals surface area contributed by atoms with Crippen molar-refractivity contribution in [1.29, 1.82) is 0 Å². The molecule has 1 aliphatic rings. The minimum absolute atomic E-state index is 0.604. The van der Waals surface area contributed by atoms with Crippen LogP contribution < -0.4 is 0 Å². The second kappa shape index (κ2) is 7.15. The van der Waals surface area contributed by atoms with E-state index in [4.69, 9.17) is 4.42 Å². The lowest BCUT2D eigenvalue weighted by Gasteiger charge is -2.17. The Morgan fingerprint density at radius 3 is 2.83 bits per heavy atom. The van der Waals surface area contributed by atoms with Crippen LogP contribution in [0.15, 0.2) is 56.5 Å². The summed E-state index contributed by atoms with van der Waals surface area (Å²) >= 11 is 1.48. The summed E-state index contributed by atoms with van der Waals surface area (Å²) in [5, 5.41) is 10.8. The van der Waals surface area contributed by atoms with Crippen LogP contribution in [0.25, 0.3) is 5.57 Å². The molecule has 0 aliphatic carbocycles. The van der Waals surface area contributed by atoms with Crippen LogP contribution in [0.1, 0.15) is 38.8 Å². The van der Waals surface area contributed by atoms with Crippen molar-refractivity contribution in [2.75, 3.05) is 0 Å². The summed E-state index contributed by atoms with van der Waals surface area (Å²) in [4.78, 5) is 9.92. The summed E-state index contributed by atoms with van der Waals surface area (Å²) in [6.45, 7) is 11.1. The van der Waals surface area contributed by atoms with Gasteiger partial charge in [-0.05, 0) is 20.8 Å². The second-order valence-electron chi connectivity index (χ2n) is 5.69. The van der Waals surface area contributed by atoms with Crippen molar-refractivity contribution in [3.63, 3.8) is 0 Å². The van der Waals surface area contributed by atoms with Gasteiger partial charge in [0.1, 0.15) is 5.69 Å². The van der Waals surface area contributed by atoms with E-state index in [-0.39, 0.29) is 0 Å². The van der Waals surface area contributed by atoms with E-state index in [9.17, 15) is 5.11 Å². The van der Waals surface area contributed by atoms with Gasteiger partial charge in [-0.25, -0.2) is 4.98 Å². The lowest BCUT2D eigenvalue weighted by Crippen LogP contribution is -2.30. The minimum atomic E-state index is -0.936. The van der Waals surface area contributed by atoms with Gasteiger partial charge in [-0.15, -0.1) is 0 Å². The lowest BCUT2D eigenvalue weighted by atomic mass is 10.00. The van der Waals surface area contributed by atoms with Gasteiger partial charge in [0.05, 0.1) is 11.3 Å². The third-order valence-electron chi connectivity index (χ3n) is 3.35. The second-order valence-corrected chi connectivity index (χ2v) is 6.74. The van der Waals surface area contributed by atoms with Gasteiger partial charge in [0, 0.05) is 30.0 Å². The predicted octanol–water partition coefficient (Wildman–Crippen LogP) is 4.68. The first-order chi connectivity index (χ1) is 10.8. The number of thioether (sulfide) groups is 1. The third-order valence-corrected chi connectivity index (χ3v) is 4.45. The third kappa shape index (κ3) is 4.33. The fourth-order valence-electron chi connectivity index (χ4n) is 2.07. The van der Waals surface area contributed by atoms with Crippen LogP contribution in [-0.2, 0) is 0 Å². The molecule has 0 radical (unpaired) electrons. The number of nitrogens with zero attached hydrogens (tertiary/aromatic N) is 2. The zero-order valence-corrected chi connectivity index (χ0v) is 14.8. The van der Waals surface area contributed by atoms with E-state index in [0.717, 1.165) is 21.9 Å². The van der Waals surface area contributed by atoms with Gasteiger partial charge >= 0.3 is 0 Å². The molecule has 4 nitrogen and oxygen atoms in total. The Bertz CT molecular complexity index is 716. The number of hydrogen-bond acceptors (Lipinski definition) is 5. The molecule has 1 aromatic rings. The van der Waals surface area contributed by atoms with Crippen LogP contribution in [0.4, 0.5) is 0 Å². The molecule has 0 unspecified atom stereocenters. The molecule has 1 aliphatic heterocycles. The number of oxazole rings is 1. The minimum Gasteiger partial charge on any atom is -0.434 e. The van der Waals surface area contributed by atoms with Gasteiger partial charge in [-0.2, -0.15) is 0 Å². The number of aryl methyl sites for hydroxylation is 1. The Morgan fingerprint density at radius 1 is 1.48 bits per heavy atom. The van der Waals surface area contributed by atoms with E-state index in [1.807, 2.05) is 32.1 Å². The molecule has 122 valence electrons. The van der Waals surface area contributed by atoms with Crippen molar-refractivity contribution in [3.8, 4) is 0 Å². The van der Waals surface area contributed by atoms with Crippen molar-refractivity contribution in [2.45, 2.75) is 44.8 Å². The molecular formula is C18H22N2O2S. The first-order valence-electron chi connectivity index (χ1n) is 7.45. The average Bonchev–Trinajstić information content (AvgIpc) is 2.71. The highest BCUT2D eigenvalue weighted by Crippen LogP contribution is 2.35. The average molecular weight is 330 g/mol. The summed E-state index contributed by atoms with van der Waals surface area (Å²) in [7, 11) is 0. The van der Waals surface area contributed by atoms with Crippen molar-refractivity contribution >= 4 is 23.0 Å². The Kier molecular flexibility index (Phi) is 5.44. The van der Waals surface area contributed by atoms with Gasteiger partial charge in [-0.1, -0.05) is 42.6 Å². The molecule has 0 saturated carbocycles. The maximum Gasteiger partial charge on any atom is 0.193 e. The molecule has 0 atom stereocenters. The number of aliphatic imine (C=N–C) groups is 1. The molecular weight excluding hydrogens is 308 g/mol. The van der Waals surface area contributed by atoms with Crippen LogP contribution in [0.3, 0.4) is 0 Å². The highest BCUT2D eigenvalue weighted by Gasteiger charge is 2.22. The van der Waals surface area contributed by atoms with Crippen molar-refractivity contribution in [2.24, 2.45) is 4.99 Å². The summed E-state index contributed by atoms with van der Waals surface area (Å²) in [6, 6.07) is 0. The zero-order valence-electron chi connectivity index (χ0n) is 14.0. The molecule has 0 spiro atoms. The maximum absolute atomic E-state index is 10.1. The van der Waals surface area contributed by atoms with Crippen LogP contribution in [0, 0.1) is 6.92 Å². The summed E-state index contributed by atoms with van der Waals surface area (Å²) in [6.07, 6.45) is 10.1. The number of aliphatic hydroxyl groups is 1. The van der Waals surface area contributed by atoms with E-state index in [0.29, 0.717) is 17.4 Å². The van der Waals surface area contributed by atoms with Crippen LogP contribution in [0.2, 0.25) is 0 Å². The van der Waals surface area contributed by atoms with Crippen LogP contribution in [-0.4, -0.2) is 21.4 Å². The van der Waals surface area contributed by atoms with E-state index in [2.05, 4.69) is 16.6 Å². The lowest BCUT2D eigenvalue weighted by molar-refractivity contribution is 0.152. The monoisotopic (exact) mass is 330 g/mol. The van der Waals surface area contributed by atoms with Gasteiger partial charge < -0.3 is 9.52 Å². The Balaban J connectivity index is 2.40. The first kappa shape index (κ1) is 17.5. The Labute approximate surface area is 141 Å². The van der Waals surface area contributed by atoms with Gasteiger partial charge in [0.2, 0.25) is 0 Å². The highest BCUT2D eigenvalue weighted by molar-refractivity contribution is 8.03. The largest absolute Gasteiger partial charge is 0.434 e. The molecule has 0 saturated heterocycles. The van der Waals surface area contributed by atoms with E-state index >= 15 is 0 Å². The van der Waals surface area contributed by atoms with Crippen LogP contribution in [0.5, 0.6) is 0 Å². The number of hydrogen-bond donors (Lipinski definition) is 1. The van der Waals surface area contributed by atoms with E-state index in [1.165, 1.54) is 11.8 Å². The number of allylic oxidation sites excluding steroid dienone is 5. The number of rotatable bonds is 5. The standard InChI is InChI=1S/C18H22N2O2S/c1-6-14(7-2)23-17-16(20-12(3)22-17)13-9-8-10-15(19-11-13)18(4,5)21/h6-9,11,21H,1,10H2,2-5H3/b14-7+. The van der Waals surface area contributed by atoms with Gasteiger partial charge in [-0.3, -0.25) is 4.99 Å². The normalized spacial score (nSPS) is 16.0. The quantitative estimate of drug-likeness (QED) is 0.629.